The van der Waals surface area contributed by atoms with Gasteiger partial charge in [0.05, 0.1) is 31.4 Å². The molecule has 11 heteroatoms. The van der Waals surface area contributed by atoms with Crippen molar-refractivity contribution in [1.82, 2.24) is 10.2 Å². The Balaban J connectivity index is 1.71. The first kappa shape index (κ1) is 22.0. The van der Waals surface area contributed by atoms with Crippen LogP contribution in [-0.2, 0) is 4.79 Å². The number of ether oxygens (including phenoxy) is 6. The Kier molecular flexibility index (Phi) is 5.33. The number of H-pyrrole nitrogens is 1. The van der Waals surface area contributed by atoms with Crippen molar-refractivity contribution in [3.8, 4) is 52.0 Å². The Labute approximate surface area is 199 Å². The second-order valence-corrected chi connectivity index (χ2v) is 7.66. The molecular formula is C24H20N4O7. The fourth-order valence-electron chi connectivity index (χ4n) is 4.16. The number of aromatic amines is 1. The Morgan fingerprint density at radius 3 is 2.54 bits per heavy atom. The number of nitrogens with zero attached hydrogens (tertiary/aromatic N) is 2. The molecule has 178 valence electrons. The van der Waals surface area contributed by atoms with Crippen LogP contribution in [0.3, 0.4) is 0 Å². The first-order valence-electron chi connectivity index (χ1n) is 10.4. The minimum absolute atomic E-state index is 0.0734. The normalized spacial score (nSPS) is 15.7. The lowest BCUT2D eigenvalue weighted by atomic mass is 9.82. The number of esters is 1. The van der Waals surface area contributed by atoms with E-state index in [9.17, 15) is 10.1 Å². The number of hydrogen-bond acceptors (Lipinski definition) is 10. The van der Waals surface area contributed by atoms with Crippen LogP contribution in [0.4, 0.5) is 0 Å². The monoisotopic (exact) mass is 476 g/mol. The van der Waals surface area contributed by atoms with Crippen LogP contribution in [0.2, 0.25) is 0 Å². The molecule has 0 aliphatic carbocycles. The van der Waals surface area contributed by atoms with Gasteiger partial charge in [-0.15, -0.1) is 5.10 Å². The molecule has 1 aromatic heterocycles. The van der Waals surface area contributed by atoms with E-state index in [1.54, 1.807) is 18.2 Å². The highest BCUT2D eigenvalue weighted by molar-refractivity contribution is 5.75. The molecule has 0 fully saturated rings. The molecule has 5 rings (SSSR count). The van der Waals surface area contributed by atoms with Gasteiger partial charge in [-0.2, -0.15) is 5.26 Å². The van der Waals surface area contributed by atoms with Gasteiger partial charge in [-0.1, -0.05) is 0 Å². The zero-order chi connectivity index (χ0) is 24.7. The van der Waals surface area contributed by atoms with E-state index in [0.717, 1.165) is 5.56 Å². The van der Waals surface area contributed by atoms with E-state index in [1.165, 1.54) is 21.1 Å². The molecule has 2 aliphatic rings. The second kappa shape index (κ2) is 8.49. The van der Waals surface area contributed by atoms with Crippen molar-refractivity contribution >= 4 is 5.97 Å². The van der Waals surface area contributed by atoms with Crippen molar-refractivity contribution in [3.63, 3.8) is 0 Å². The van der Waals surface area contributed by atoms with Crippen LogP contribution < -0.4 is 34.2 Å². The van der Waals surface area contributed by atoms with Crippen molar-refractivity contribution < 1.29 is 33.2 Å². The Morgan fingerprint density at radius 1 is 1.17 bits per heavy atom. The second-order valence-electron chi connectivity index (χ2n) is 7.66. The summed E-state index contributed by atoms with van der Waals surface area (Å²) in [5, 5.41) is 17.3. The third kappa shape index (κ3) is 3.61. The average molecular weight is 476 g/mol. The third-order valence-electron chi connectivity index (χ3n) is 5.66. The SMILES string of the molecule is COc1cc([C@H]2C(C#N)=C(N)Oc3n[nH]c(-c4ccc5c(c4)OCO5)c32)cc(OC)c1OC(C)=O. The summed E-state index contributed by atoms with van der Waals surface area (Å²) in [5.74, 6) is 0.741. The standard InChI is InChI=1S/C24H20N4O7/c1-11(29)34-22-17(30-2)7-13(8-18(22)31-3)19-14(9-25)23(26)35-24-20(19)21(27-28-24)12-4-5-15-16(6-12)33-10-32-15/h4-8,19H,10,26H2,1-3H3,(H,27,28)/t19-/m0/s1. The topological polar surface area (TPSA) is 151 Å². The number of nitrogens with two attached hydrogens (primary N) is 1. The smallest absolute Gasteiger partial charge is 0.308 e. The Bertz CT molecular complexity index is 1390. The molecule has 0 amide bonds. The molecule has 0 spiro atoms. The van der Waals surface area contributed by atoms with Gasteiger partial charge in [0.1, 0.15) is 11.6 Å². The summed E-state index contributed by atoms with van der Waals surface area (Å²) in [5.41, 5.74) is 8.79. The van der Waals surface area contributed by atoms with Gasteiger partial charge in [-0.3, -0.25) is 9.89 Å². The number of fused-ring (bicyclic) bond motifs is 2. The molecular weight excluding hydrogens is 456 g/mol. The zero-order valence-corrected chi connectivity index (χ0v) is 19.0. The number of aromatic nitrogens is 2. The number of carbonyl (C=O) groups is 1. The number of hydrogen-bond donors (Lipinski definition) is 2. The number of benzene rings is 2. The number of carbonyl (C=O) groups excluding carboxylic acids is 1. The maximum Gasteiger partial charge on any atom is 0.308 e. The average Bonchev–Trinajstić information content (AvgIpc) is 3.49. The molecule has 1 atom stereocenters. The van der Waals surface area contributed by atoms with E-state index in [1.807, 2.05) is 12.1 Å². The van der Waals surface area contributed by atoms with E-state index in [-0.39, 0.29) is 41.4 Å². The minimum atomic E-state index is -0.697. The summed E-state index contributed by atoms with van der Waals surface area (Å²) < 4.78 is 32.9. The molecule has 11 nitrogen and oxygen atoms in total. The van der Waals surface area contributed by atoms with Gasteiger partial charge < -0.3 is 34.2 Å². The number of allylic oxidation sites excluding steroid dienone is 1. The van der Waals surface area contributed by atoms with Gasteiger partial charge in [0.15, 0.2) is 23.0 Å². The van der Waals surface area contributed by atoms with Crippen LogP contribution in [-0.4, -0.2) is 37.2 Å². The van der Waals surface area contributed by atoms with Crippen LogP contribution in [0.5, 0.6) is 34.6 Å². The van der Waals surface area contributed by atoms with Gasteiger partial charge in [0.2, 0.25) is 24.3 Å². The summed E-state index contributed by atoms with van der Waals surface area (Å²) in [4.78, 5) is 11.6. The third-order valence-corrected chi connectivity index (χ3v) is 5.66. The summed E-state index contributed by atoms with van der Waals surface area (Å²) in [6.45, 7) is 1.41. The maximum atomic E-state index is 11.6. The summed E-state index contributed by atoms with van der Waals surface area (Å²) in [7, 11) is 2.87. The number of rotatable bonds is 5. The van der Waals surface area contributed by atoms with Gasteiger partial charge in [-0.25, -0.2) is 0 Å². The Morgan fingerprint density at radius 2 is 1.89 bits per heavy atom. The van der Waals surface area contributed by atoms with Crippen LogP contribution in [0.1, 0.15) is 24.0 Å². The largest absolute Gasteiger partial charge is 0.493 e. The fraction of sp³-hybridized carbons (Fsp3) is 0.208. The van der Waals surface area contributed by atoms with E-state index >= 15 is 0 Å². The zero-order valence-electron chi connectivity index (χ0n) is 19.0. The number of methoxy groups -OCH3 is 2. The van der Waals surface area contributed by atoms with Crippen molar-refractivity contribution in [2.75, 3.05) is 21.0 Å². The highest BCUT2D eigenvalue weighted by Crippen LogP contribution is 2.50. The van der Waals surface area contributed by atoms with E-state index in [2.05, 4.69) is 16.3 Å². The predicted octanol–water partition coefficient (Wildman–Crippen LogP) is 2.97. The van der Waals surface area contributed by atoms with Crippen LogP contribution in [0.15, 0.2) is 41.8 Å². The molecule has 35 heavy (non-hydrogen) atoms. The van der Waals surface area contributed by atoms with Crippen LogP contribution in [0.25, 0.3) is 11.3 Å². The lowest BCUT2D eigenvalue weighted by Crippen LogP contribution is -2.21. The minimum Gasteiger partial charge on any atom is -0.493 e. The number of nitrogens with one attached hydrogen (secondary N) is 1. The van der Waals surface area contributed by atoms with Crippen molar-refractivity contribution in [3.05, 3.63) is 52.9 Å². The molecule has 0 radical (unpaired) electrons. The predicted molar refractivity (Wildman–Crippen MR) is 120 cm³/mol. The molecule has 2 aromatic carbocycles. The maximum absolute atomic E-state index is 11.6. The van der Waals surface area contributed by atoms with Crippen molar-refractivity contribution in [2.24, 2.45) is 5.73 Å². The van der Waals surface area contributed by atoms with E-state index in [0.29, 0.717) is 28.3 Å². The quantitative estimate of drug-likeness (QED) is 0.415. The first-order chi connectivity index (χ1) is 16.9. The van der Waals surface area contributed by atoms with E-state index in [4.69, 9.17) is 34.2 Å². The van der Waals surface area contributed by atoms with Gasteiger partial charge in [0, 0.05) is 12.5 Å². The lowest BCUT2D eigenvalue weighted by Gasteiger charge is -2.25. The van der Waals surface area contributed by atoms with Crippen molar-refractivity contribution in [1.29, 1.82) is 5.26 Å². The van der Waals surface area contributed by atoms with E-state index < -0.39 is 11.9 Å². The van der Waals surface area contributed by atoms with Gasteiger partial charge in [0.25, 0.3) is 0 Å². The molecule has 0 unspecified atom stereocenters. The fourth-order valence-corrected chi connectivity index (χ4v) is 4.16. The van der Waals surface area contributed by atoms with Crippen LogP contribution >= 0.6 is 0 Å². The highest BCUT2D eigenvalue weighted by Gasteiger charge is 2.37. The summed E-state index contributed by atoms with van der Waals surface area (Å²) in [6, 6.07) is 10.9. The highest BCUT2D eigenvalue weighted by atomic mass is 16.7. The molecule has 0 saturated heterocycles. The van der Waals surface area contributed by atoms with Gasteiger partial charge >= 0.3 is 5.97 Å². The first-order valence-corrected chi connectivity index (χ1v) is 10.4. The lowest BCUT2D eigenvalue weighted by molar-refractivity contribution is -0.132. The number of nitriles is 1. The molecule has 3 N–H and O–H groups in total. The summed E-state index contributed by atoms with van der Waals surface area (Å²) in [6.07, 6.45) is 0. The molecule has 3 heterocycles. The van der Waals surface area contributed by atoms with Crippen LogP contribution in [0, 0.1) is 11.3 Å². The molecule has 2 aliphatic heterocycles. The van der Waals surface area contributed by atoms with Gasteiger partial charge in [-0.05, 0) is 35.9 Å². The Hall–Kier alpha value is -4.85. The molecule has 0 bridgehead atoms. The molecule has 3 aromatic rings. The van der Waals surface area contributed by atoms with Crippen molar-refractivity contribution in [2.45, 2.75) is 12.8 Å². The molecule has 0 saturated carbocycles. The summed E-state index contributed by atoms with van der Waals surface area (Å²) >= 11 is 0.